The van der Waals surface area contributed by atoms with E-state index in [0.29, 0.717) is 0 Å². The second-order valence-corrected chi connectivity index (χ2v) is 9.32. The molecule has 1 radical (unpaired) electrons. The zero-order valence-corrected chi connectivity index (χ0v) is 14.4. The van der Waals surface area contributed by atoms with Gasteiger partial charge in [-0.3, -0.25) is 9.59 Å². The van der Waals surface area contributed by atoms with Crippen LogP contribution in [-0.2, 0) is 58.5 Å². The van der Waals surface area contributed by atoms with Gasteiger partial charge in [-0.2, -0.15) is 0 Å². The van der Waals surface area contributed by atoms with Gasteiger partial charge in [0, 0.05) is 32.8 Å². The Labute approximate surface area is 127 Å². The number of hydrogen-bond donors (Lipinski definition) is 0. The predicted octanol–water partition coefficient (Wildman–Crippen LogP) is 1.34. The molecule has 105 valence electrons. The van der Waals surface area contributed by atoms with Gasteiger partial charge >= 0.3 is 11.9 Å². The van der Waals surface area contributed by atoms with Crippen LogP contribution in [-0.4, -0.2) is 45.6 Å². The van der Waals surface area contributed by atoms with Gasteiger partial charge in [-0.05, 0) is 11.8 Å². The third-order valence-electron chi connectivity index (χ3n) is 1.75. The normalized spacial score (nSPS) is 12.2. The first-order valence-electron chi connectivity index (χ1n) is 4.47. The maximum atomic E-state index is 11.5. The van der Waals surface area contributed by atoms with Gasteiger partial charge in [0.25, 0.3) is 0 Å². The maximum Gasteiger partial charge on any atom is 0.319 e. The number of hydrogen-bond acceptors (Lipinski definition) is 8. The second kappa shape index (κ2) is 10.3. The Kier molecular flexibility index (Phi) is 11.8. The van der Waals surface area contributed by atoms with Crippen LogP contribution in [0.2, 0.25) is 0 Å². The van der Waals surface area contributed by atoms with Gasteiger partial charge < -0.3 is 18.5 Å². The van der Waals surface area contributed by atoms with E-state index in [1.54, 1.807) is 0 Å². The molecule has 0 heterocycles. The van der Waals surface area contributed by atoms with E-state index >= 15 is 0 Å². The van der Waals surface area contributed by atoms with Crippen LogP contribution in [0.15, 0.2) is 0 Å². The molecular formula is C8H15O6PS2V. The van der Waals surface area contributed by atoms with Crippen molar-refractivity contribution in [3.63, 3.8) is 0 Å². The smallest absolute Gasteiger partial charge is 0.319 e. The monoisotopic (exact) mass is 353 g/mol. The molecule has 18 heavy (non-hydrogen) atoms. The fourth-order valence-electron chi connectivity index (χ4n) is 0.846. The number of carbonyl (C=O) groups is 2. The van der Waals surface area contributed by atoms with Gasteiger partial charge in [0.15, 0.2) is 0 Å². The second-order valence-electron chi connectivity index (χ2n) is 2.71. The molecule has 0 saturated carbocycles. The Morgan fingerprint density at radius 1 is 1.17 bits per heavy atom. The van der Waals surface area contributed by atoms with Crippen LogP contribution in [0.3, 0.4) is 0 Å². The molecule has 0 rings (SSSR count). The molecular weight excluding hydrogens is 338 g/mol. The van der Waals surface area contributed by atoms with Crippen molar-refractivity contribution in [1.29, 1.82) is 0 Å². The molecule has 1 atom stereocenters. The molecule has 1 unspecified atom stereocenters. The first-order valence-corrected chi connectivity index (χ1v) is 8.59. The van der Waals surface area contributed by atoms with Crippen molar-refractivity contribution >= 4 is 40.8 Å². The fraction of sp³-hybridized carbons (Fsp3) is 0.750. The van der Waals surface area contributed by atoms with E-state index in [1.807, 2.05) is 0 Å². The van der Waals surface area contributed by atoms with Gasteiger partial charge in [0.2, 0.25) is 5.69 Å². The molecule has 0 saturated heterocycles. The van der Waals surface area contributed by atoms with Crippen molar-refractivity contribution in [1.82, 2.24) is 0 Å². The summed E-state index contributed by atoms with van der Waals surface area (Å²) >= 11 is 6.08. The zero-order chi connectivity index (χ0) is 13.5. The number of methoxy groups -OCH3 is 2. The van der Waals surface area contributed by atoms with E-state index in [0.717, 1.165) is 11.4 Å². The third kappa shape index (κ3) is 7.14. The van der Waals surface area contributed by atoms with Crippen LogP contribution in [0, 0.1) is 0 Å². The zero-order valence-electron chi connectivity index (χ0n) is 10.4. The van der Waals surface area contributed by atoms with E-state index in [9.17, 15) is 9.59 Å². The van der Waals surface area contributed by atoms with Gasteiger partial charge in [0.05, 0.1) is 20.6 Å². The van der Waals surface area contributed by atoms with E-state index in [4.69, 9.17) is 20.9 Å². The Morgan fingerprint density at radius 2 is 1.67 bits per heavy atom. The summed E-state index contributed by atoms with van der Waals surface area (Å²) in [6.07, 6.45) is -0.140. The van der Waals surface area contributed by atoms with Crippen molar-refractivity contribution in [2.75, 3.05) is 28.4 Å². The van der Waals surface area contributed by atoms with Crippen molar-refractivity contribution < 1.29 is 46.7 Å². The Bertz CT molecular complexity index is 319. The molecule has 6 nitrogen and oxygen atoms in total. The van der Waals surface area contributed by atoms with Crippen LogP contribution >= 0.6 is 17.1 Å². The molecule has 0 aromatic carbocycles. The summed E-state index contributed by atoms with van der Waals surface area (Å²) in [4.78, 5) is 22.6. The van der Waals surface area contributed by atoms with Crippen LogP contribution in [0.4, 0.5) is 0 Å². The van der Waals surface area contributed by atoms with E-state index in [1.165, 1.54) is 28.4 Å². The van der Waals surface area contributed by atoms with Gasteiger partial charge in [-0.25, -0.2) is 0 Å². The van der Waals surface area contributed by atoms with Crippen LogP contribution in [0.25, 0.3) is 0 Å². The van der Waals surface area contributed by atoms with Crippen LogP contribution in [0.5, 0.6) is 0 Å². The van der Waals surface area contributed by atoms with E-state index in [-0.39, 0.29) is 25.0 Å². The van der Waals surface area contributed by atoms with Gasteiger partial charge in [-0.1, -0.05) is 11.4 Å². The van der Waals surface area contributed by atoms with Gasteiger partial charge in [-0.15, -0.1) is 0 Å². The van der Waals surface area contributed by atoms with Crippen molar-refractivity contribution in [2.45, 2.75) is 11.7 Å². The molecule has 0 aliphatic rings. The van der Waals surface area contributed by atoms with Crippen molar-refractivity contribution in [3.05, 3.63) is 0 Å². The molecule has 0 aromatic heterocycles. The summed E-state index contributed by atoms with van der Waals surface area (Å²) in [5, 5.41) is -0.793. The minimum absolute atomic E-state index is 0. The van der Waals surface area contributed by atoms with E-state index in [2.05, 4.69) is 9.47 Å². The minimum Gasteiger partial charge on any atom is -0.469 e. The summed E-state index contributed by atoms with van der Waals surface area (Å²) < 4.78 is 19.1. The molecule has 0 fully saturated rings. The Morgan fingerprint density at radius 3 is 2.00 bits per heavy atom. The summed E-state index contributed by atoms with van der Waals surface area (Å²) in [6.45, 7) is 0. The summed E-state index contributed by atoms with van der Waals surface area (Å²) in [6, 6.07) is 0. The quantitative estimate of drug-likeness (QED) is 0.502. The molecule has 0 amide bonds. The first-order chi connectivity index (χ1) is 7.92. The maximum absolute atomic E-state index is 11.5. The average molecular weight is 353 g/mol. The van der Waals surface area contributed by atoms with Crippen molar-refractivity contribution in [3.8, 4) is 0 Å². The SMILES string of the molecule is COC(=O)CC(SP(=S)(OC)OC)C(=O)OC.[V]. The number of rotatable bonds is 7. The topological polar surface area (TPSA) is 71.1 Å². The summed E-state index contributed by atoms with van der Waals surface area (Å²) in [5.41, 5.74) is -2.63. The molecule has 10 heteroatoms. The molecule has 0 aliphatic carbocycles. The Balaban J connectivity index is 0. The summed E-state index contributed by atoms with van der Waals surface area (Å²) in [7, 11) is 5.26. The number of carbonyl (C=O) groups excluding carboxylic acids is 2. The molecule has 0 spiro atoms. The summed E-state index contributed by atoms with van der Waals surface area (Å²) in [5.74, 6) is -1.09. The van der Waals surface area contributed by atoms with Crippen LogP contribution < -0.4 is 0 Å². The number of esters is 2. The number of ether oxygens (including phenoxy) is 2. The standard InChI is InChI=1S/C8H15O6PS2.V/c1-11-7(9)5-6(8(10)12-2)17-15(16,13-3)14-4;/h6H,5H2,1-4H3;. The Hall–Kier alpha value is 0.444. The molecule has 0 bridgehead atoms. The molecule has 0 aromatic rings. The average Bonchev–Trinajstić information content (AvgIpc) is 2.36. The molecule has 0 aliphatic heterocycles. The van der Waals surface area contributed by atoms with E-state index < -0.39 is 22.9 Å². The third-order valence-corrected chi connectivity index (χ3v) is 7.62. The predicted molar refractivity (Wildman–Crippen MR) is 68.3 cm³/mol. The fourth-order valence-corrected chi connectivity index (χ4v) is 4.74. The van der Waals surface area contributed by atoms with Gasteiger partial charge in [0.1, 0.15) is 5.25 Å². The first kappa shape index (κ1) is 20.8. The minimum atomic E-state index is -2.63. The van der Waals surface area contributed by atoms with Crippen LogP contribution in [0.1, 0.15) is 6.42 Å². The molecule has 0 N–H and O–H groups in total. The van der Waals surface area contributed by atoms with Crippen molar-refractivity contribution in [2.24, 2.45) is 0 Å². The largest absolute Gasteiger partial charge is 0.469 e.